The van der Waals surface area contributed by atoms with Gasteiger partial charge in [0.1, 0.15) is 6.04 Å². The minimum absolute atomic E-state index is 0.187. The van der Waals surface area contributed by atoms with Gasteiger partial charge >= 0.3 is 5.97 Å². The van der Waals surface area contributed by atoms with E-state index in [4.69, 9.17) is 5.11 Å². The summed E-state index contributed by atoms with van der Waals surface area (Å²) in [6.07, 6.45) is 3.00. The number of rotatable bonds is 5. The Morgan fingerprint density at radius 2 is 2.33 bits per heavy atom. The molecule has 1 rings (SSSR count). The normalized spacial score (nSPS) is 22.3. The van der Waals surface area contributed by atoms with Crippen LogP contribution in [-0.2, 0) is 9.59 Å². The molecular formula is C10H18N2O3. The van der Waals surface area contributed by atoms with E-state index in [1.54, 1.807) is 0 Å². The molecule has 0 bridgehead atoms. The molecule has 0 aromatic rings. The molecular weight excluding hydrogens is 196 g/mol. The summed E-state index contributed by atoms with van der Waals surface area (Å²) < 4.78 is 0. The molecule has 0 unspecified atom stereocenters. The Labute approximate surface area is 89.2 Å². The first kappa shape index (κ1) is 12.0. The maximum absolute atomic E-state index is 11.6. The highest BCUT2D eigenvalue weighted by Gasteiger charge is 2.26. The average molecular weight is 214 g/mol. The van der Waals surface area contributed by atoms with Crippen molar-refractivity contribution in [3.63, 3.8) is 0 Å². The lowest BCUT2D eigenvalue weighted by molar-refractivity contribution is -0.142. The summed E-state index contributed by atoms with van der Waals surface area (Å²) in [7, 11) is 0. The third-order valence-electron chi connectivity index (χ3n) is 2.57. The van der Waals surface area contributed by atoms with Crippen molar-refractivity contribution in [3.05, 3.63) is 0 Å². The van der Waals surface area contributed by atoms with Crippen LogP contribution in [0.2, 0.25) is 0 Å². The lowest BCUT2D eigenvalue weighted by Crippen LogP contribution is -2.48. The Kier molecular flexibility index (Phi) is 4.55. The first-order chi connectivity index (χ1) is 7.15. The molecule has 3 N–H and O–H groups in total. The molecule has 15 heavy (non-hydrogen) atoms. The predicted octanol–water partition coefficient (Wildman–Crippen LogP) is 0.108. The molecule has 1 saturated heterocycles. The highest BCUT2D eigenvalue weighted by molar-refractivity contribution is 5.87. The van der Waals surface area contributed by atoms with E-state index in [0.29, 0.717) is 6.42 Å². The van der Waals surface area contributed by atoms with Crippen LogP contribution >= 0.6 is 0 Å². The van der Waals surface area contributed by atoms with Crippen molar-refractivity contribution in [1.82, 2.24) is 10.6 Å². The Hall–Kier alpha value is -1.10. The largest absolute Gasteiger partial charge is 0.480 e. The van der Waals surface area contributed by atoms with Crippen LogP contribution in [0, 0.1) is 0 Å². The zero-order valence-corrected chi connectivity index (χ0v) is 8.95. The van der Waals surface area contributed by atoms with E-state index < -0.39 is 12.0 Å². The minimum atomic E-state index is -0.955. The molecule has 0 saturated carbocycles. The van der Waals surface area contributed by atoms with Gasteiger partial charge in [-0.2, -0.15) is 0 Å². The first-order valence-corrected chi connectivity index (χ1v) is 5.41. The number of carboxylic acid groups (broad SMARTS) is 1. The van der Waals surface area contributed by atoms with Gasteiger partial charge in [0.25, 0.3) is 0 Å². The van der Waals surface area contributed by atoms with Gasteiger partial charge in [-0.3, -0.25) is 4.79 Å². The van der Waals surface area contributed by atoms with Crippen molar-refractivity contribution in [2.75, 3.05) is 6.54 Å². The second-order valence-electron chi connectivity index (χ2n) is 3.84. The van der Waals surface area contributed by atoms with Crippen LogP contribution < -0.4 is 10.6 Å². The zero-order valence-electron chi connectivity index (χ0n) is 8.95. The summed E-state index contributed by atoms with van der Waals surface area (Å²) in [5, 5.41) is 14.5. The molecule has 0 aliphatic carbocycles. The number of amides is 1. The number of hydrogen-bond acceptors (Lipinski definition) is 3. The monoisotopic (exact) mass is 214 g/mol. The smallest absolute Gasteiger partial charge is 0.326 e. The fraction of sp³-hybridized carbons (Fsp3) is 0.800. The first-order valence-electron chi connectivity index (χ1n) is 5.41. The molecule has 1 aliphatic heterocycles. The van der Waals surface area contributed by atoms with Gasteiger partial charge < -0.3 is 15.7 Å². The number of aliphatic carboxylic acids is 1. The van der Waals surface area contributed by atoms with Gasteiger partial charge in [0.15, 0.2) is 0 Å². The van der Waals surface area contributed by atoms with Crippen LogP contribution in [0.25, 0.3) is 0 Å². The van der Waals surface area contributed by atoms with Crippen LogP contribution in [0.3, 0.4) is 0 Å². The quantitative estimate of drug-likeness (QED) is 0.607. The molecule has 1 amide bonds. The summed E-state index contributed by atoms with van der Waals surface area (Å²) in [6, 6.07) is -0.950. The maximum atomic E-state index is 11.6. The lowest BCUT2D eigenvalue weighted by atomic mass is 10.1. The summed E-state index contributed by atoms with van der Waals surface area (Å²) >= 11 is 0. The number of carbonyl (C=O) groups excluding carboxylic acids is 1. The number of nitrogens with one attached hydrogen (secondary N) is 2. The minimum Gasteiger partial charge on any atom is -0.480 e. The predicted molar refractivity (Wildman–Crippen MR) is 55.5 cm³/mol. The molecule has 86 valence electrons. The van der Waals surface area contributed by atoms with E-state index in [9.17, 15) is 9.59 Å². The molecule has 0 radical (unpaired) electrons. The van der Waals surface area contributed by atoms with E-state index in [0.717, 1.165) is 25.8 Å². The molecule has 5 nitrogen and oxygen atoms in total. The van der Waals surface area contributed by atoms with Gasteiger partial charge in [-0.05, 0) is 25.8 Å². The van der Waals surface area contributed by atoms with Crippen molar-refractivity contribution in [2.24, 2.45) is 0 Å². The second kappa shape index (κ2) is 5.70. The number of carboxylic acids is 1. The van der Waals surface area contributed by atoms with E-state index >= 15 is 0 Å². The highest BCUT2D eigenvalue weighted by Crippen LogP contribution is 2.06. The van der Waals surface area contributed by atoms with Gasteiger partial charge in [0.2, 0.25) is 5.91 Å². The van der Waals surface area contributed by atoms with Crippen molar-refractivity contribution in [2.45, 2.75) is 44.7 Å². The SMILES string of the molecule is CCC[C@@H](NC(=O)[C@H]1CCCN1)C(=O)O. The highest BCUT2D eigenvalue weighted by atomic mass is 16.4. The van der Waals surface area contributed by atoms with Gasteiger partial charge in [0, 0.05) is 0 Å². The van der Waals surface area contributed by atoms with Crippen molar-refractivity contribution >= 4 is 11.9 Å². The van der Waals surface area contributed by atoms with E-state index in [1.165, 1.54) is 0 Å². The Morgan fingerprint density at radius 1 is 1.60 bits per heavy atom. The van der Waals surface area contributed by atoms with Crippen LogP contribution in [0.1, 0.15) is 32.6 Å². The molecule has 1 fully saturated rings. The molecule has 2 atom stereocenters. The van der Waals surface area contributed by atoms with Crippen molar-refractivity contribution < 1.29 is 14.7 Å². The van der Waals surface area contributed by atoms with Crippen molar-refractivity contribution in [1.29, 1.82) is 0 Å². The van der Waals surface area contributed by atoms with Crippen LogP contribution in [0.15, 0.2) is 0 Å². The number of hydrogen-bond donors (Lipinski definition) is 3. The molecule has 1 aliphatic rings. The van der Waals surface area contributed by atoms with E-state index in [1.807, 2.05) is 6.92 Å². The molecule has 0 aromatic carbocycles. The second-order valence-corrected chi connectivity index (χ2v) is 3.84. The Balaban J connectivity index is 2.42. The Bertz CT molecular complexity index is 237. The lowest BCUT2D eigenvalue weighted by Gasteiger charge is -2.16. The third-order valence-corrected chi connectivity index (χ3v) is 2.57. The summed E-state index contributed by atoms with van der Waals surface area (Å²) in [5.41, 5.74) is 0. The Morgan fingerprint density at radius 3 is 2.80 bits per heavy atom. The maximum Gasteiger partial charge on any atom is 0.326 e. The van der Waals surface area contributed by atoms with Gasteiger partial charge in [-0.15, -0.1) is 0 Å². The molecule has 0 aromatic heterocycles. The number of carbonyl (C=O) groups is 2. The summed E-state index contributed by atoms with van der Waals surface area (Å²) in [5.74, 6) is -1.14. The van der Waals surface area contributed by atoms with Gasteiger partial charge in [-0.1, -0.05) is 13.3 Å². The zero-order chi connectivity index (χ0) is 11.3. The van der Waals surface area contributed by atoms with Crippen LogP contribution in [0.4, 0.5) is 0 Å². The fourth-order valence-electron chi connectivity index (χ4n) is 1.73. The van der Waals surface area contributed by atoms with E-state index in [-0.39, 0.29) is 11.9 Å². The molecule has 0 spiro atoms. The topological polar surface area (TPSA) is 78.4 Å². The van der Waals surface area contributed by atoms with Crippen LogP contribution in [-0.4, -0.2) is 35.6 Å². The summed E-state index contributed by atoms with van der Waals surface area (Å²) in [4.78, 5) is 22.4. The standard InChI is InChI=1S/C10H18N2O3/c1-2-4-8(10(14)15)12-9(13)7-5-3-6-11-7/h7-8,11H,2-6H2,1H3,(H,12,13)(H,14,15)/t7-,8-/m1/s1. The fourth-order valence-corrected chi connectivity index (χ4v) is 1.73. The van der Waals surface area contributed by atoms with Gasteiger partial charge in [-0.25, -0.2) is 4.79 Å². The van der Waals surface area contributed by atoms with Crippen molar-refractivity contribution in [3.8, 4) is 0 Å². The summed E-state index contributed by atoms with van der Waals surface area (Å²) in [6.45, 7) is 2.74. The third kappa shape index (κ3) is 3.51. The van der Waals surface area contributed by atoms with Crippen LogP contribution in [0.5, 0.6) is 0 Å². The van der Waals surface area contributed by atoms with E-state index in [2.05, 4.69) is 10.6 Å². The molecule has 5 heteroatoms. The molecule has 1 heterocycles. The van der Waals surface area contributed by atoms with Gasteiger partial charge in [0.05, 0.1) is 6.04 Å². The average Bonchev–Trinajstić information content (AvgIpc) is 2.69.